The van der Waals surface area contributed by atoms with Crippen molar-refractivity contribution >= 4 is 37.4 Å². The van der Waals surface area contributed by atoms with Gasteiger partial charge in [0.05, 0.1) is 7.11 Å². The number of rotatable bonds is 10. The van der Waals surface area contributed by atoms with Crippen molar-refractivity contribution in [3.05, 3.63) is 81.8 Å². The monoisotopic (exact) mass is 578 g/mol. The Labute approximate surface area is 232 Å². The molecule has 0 N–H and O–H groups in total. The number of thiophene rings is 1. The molecule has 4 aromatic rings. The van der Waals surface area contributed by atoms with Crippen LogP contribution < -0.4 is 9.47 Å². The van der Waals surface area contributed by atoms with Crippen LogP contribution in [0.1, 0.15) is 29.5 Å². The minimum Gasteiger partial charge on any atom is -0.497 e. The van der Waals surface area contributed by atoms with Crippen molar-refractivity contribution in [3.8, 4) is 21.9 Å². The quantitative estimate of drug-likeness (QED) is 0.195. The third kappa shape index (κ3) is 6.37. The van der Waals surface area contributed by atoms with Gasteiger partial charge in [0.25, 0.3) is 0 Å². The predicted molar refractivity (Wildman–Crippen MR) is 159 cm³/mol. The molecule has 3 aromatic carbocycles. The molecule has 0 atom stereocenters. The molecule has 0 radical (unpaired) electrons. The van der Waals surface area contributed by atoms with Gasteiger partial charge < -0.3 is 14.4 Å². The molecule has 1 aliphatic heterocycles. The SMILES string of the molecule is COc1ccc2c(Cc3ccc(CN(C)C)c(Br)c3)c(-c3ccc(OCCN4CCCC4)cc3)sc2c1. The summed E-state index contributed by atoms with van der Waals surface area (Å²) in [7, 11) is 5.93. The van der Waals surface area contributed by atoms with E-state index in [4.69, 9.17) is 9.47 Å². The zero-order chi connectivity index (χ0) is 25.8. The molecule has 1 fully saturated rings. The van der Waals surface area contributed by atoms with Crippen LogP contribution in [-0.4, -0.2) is 57.2 Å². The molecule has 1 aliphatic rings. The number of hydrogen-bond donors (Lipinski definition) is 0. The van der Waals surface area contributed by atoms with Gasteiger partial charge in [-0.25, -0.2) is 0 Å². The van der Waals surface area contributed by atoms with Gasteiger partial charge in [-0.1, -0.05) is 28.1 Å². The lowest BCUT2D eigenvalue weighted by Crippen LogP contribution is -2.25. The lowest BCUT2D eigenvalue weighted by atomic mass is 9.98. The van der Waals surface area contributed by atoms with Crippen LogP contribution in [0.25, 0.3) is 20.5 Å². The van der Waals surface area contributed by atoms with E-state index < -0.39 is 0 Å². The van der Waals surface area contributed by atoms with Crippen molar-refractivity contribution in [3.63, 3.8) is 0 Å². The Morgan fingerprint density at radius 1 is 0.946 bits per heavy atom. The topological polar surface area (TPSA) is 24.9 Å². The van der Waals surface area contributed by atoms with Crippen molar-refractivity contribution in [2.45, 2.75) is 25.8 Å². The lowest BCUT2D eigenvalue weighted by molar-refractivity contribution is 0.238. The summed E-state index contributed by atoms with van der Waals surface area (Å²) in [5.41, 5.74) is 5.19. The predicted octanol–water partition coefficient (Wildman–Crippen LogP) is 7.47. The van der Waals surface area contributed by atoms with Gasteiger partial charge in [0.1, 0.15) is 18.1 Å². The maximum atomic E-state index is 6.06. The van der Waals surface area contributed by atoms with Gasteiger partial charge in [-0.15, -0.1) is 11.3 Å². The molecule has 0 amide bonds. The summed E-state index contributed by atoms with van der Waals surface area (Å²) in [5, 5.41) is 1.29. The highest BCUT2D eigenvalue weighted by atomic mass is 79.9. The third-order valence-electron chi connectivity index (χ3n) is 6.98. The van der Waals surface area contributed by atoms with Crippen LogP contribution in [-0.2, 0) is 13.0 Å². The third-order valence-corrected chi connectivity index (χ3v) is 8.96. The maximum absolute atomic E-state index is 6.06. The Morgan fingerprint density at radius 2 is 1.70 bits per heavy atom. The Bertz CT molecular complexity index is 1340. The van der Waals surface area contributed by atoms with Crippen LogP contribution >= 0.6 is 27.3 Å². The summed E-state index contributed by atoms with van der Waals surface area (Å²) < 4.78 is 14.0. The average Bonchev–Trinajstić information content (AvgIpc) is 3.54. The minimum atomic E-state index is 0.742. The van der Waals surface area contributed by atoms with E-state index >= 15 is 0 Å². The highest BCUT2D eigenvalue weighted by Gasteiger charge is 2.17. The Balaban J connectivity index is 1.41. The summed E-state index contributed by atoms with van der Waals surface area (Å²) >= 11 is 5.64. The van der Waals surface area contributed by atoms with E-state index in [-0.39, 0.29) is 0 Å². The first-order valence-electron chi connectivity index (χ1n) is 13.0. The van der Waals surface area contributed by atoms with E-state index in [1.807, 2.05) is 11.3 Å². The molecule has 0 saturated carbocycles. The molecule has 0 bridgehead atoms. The molecule has 194 valence electrons. The van der Waals surface area contributed by atoms with E-state index in [9.17, 15) is 0 Å². The summed E-state index contributed by atoms with van der Waals surface area (Å²) in [5.74, 6) is 1.83. The largest absolute Gasteiger partial charge is 0.497 e. The summed E-state index contributed by atoms with van der Waals surface area (Å²) in [6.45, 7) is 5.08. The lowest BCUT2D eigenvalue weighted by Gasteiger charge is -2.15. The molecule has 5 rings (SSSR count). The van der Waals surface area contributed by atoms with Crippen LogP contribution in [0, 0.1) is 0 Å². The molecule has 1 saturated heterocycles. The second-order valence-electron chi connectivity index (χ2n) is 10.0. The zero-order valence-electron chi connectivity index (χ0n) is 21.9. The van der Waals surface area contributed by atoms with E-state index in [1.165, 1.54) is 63.1 Å². The molecule has 2 heterocycles. The standard InChI is InChI=1S/C31H35BrN2O2S/c1-33(2)21-24-7-6-22(19-29(24)32)18-28-27-13-12-26(35-3)20-30(27)37-31(28)23-8-10-25(11-9-23)36-17-16-34-14-4-5-15-34/h6-13,19-20H,4-5,14-18,21H2,1-3H3. The molecule has 6 heteroatoms. The highest BCUT2D eigenvalue weighted by molar-refractivity contribution is 9.10. The summed E-state index contributed by atoms with van der Waals surface area (Å²) in [6.07, 6.45) is 3.50. The van der Waals surface area contributed by atoms with E-state index in [1.54, 1.807) is 7.11 Å². The van der Waals surface area contributed by atoms with E-state index in [0.717, 1.165) is 42.1 Å². The van der Waals surface area contributed by atoms with Crippen LogP contribution in [0.5, 0.6) is 11.5 Å². The fourth-order valence-electron chi connectivity index (χ4n) is 5.04. The van der Waals surface area contributed by atoms with Gasteiger partial charge in [0.2, 0.25) is 0 Å². The van der Waals surface area contributed by atoms with Gasteiger partial charge >= 0.3 is 0 Å². The van der Waals surface area contributed by atoms with Gasteiger partial charge in [0.15, 0.2) is 0 Å². The number of benzene rings is 3. The Hall–Kier alpha value is -2.38. The molecule has 0 spiro atoms. The van der Waals surface area contributed by atoms with Crippen LogP contribution in [0.3, 0.4) is 0 Å². The number of ether oxygens (including phenoxy) is 2. The molecule has 0 aliphatic carbocycles. The molecule has 4 nitrogen and oxygen atoms in total. The first-order valence-corrected chi connectivity index (χ1v) is 14.6. The Kier molecular flexibility index (Phi) is 8.50. The Morgan fingerprint density at radius 3 is 2.41 bits per heavy atom. The van der Waals surface area contributed by atoms with Crippen molar-refractivity contribution in [2.75, 3.05) is 47.4 Å². The molecule has 37 heavy (non-hydrogen) atoms. The first kappa shape index (κ1) is 26.2. The number of likely N-dealkylation sites (tertiary alicyclic amines) is 1. The van der Waals surface area contributed by atoms with Gasteiger partial charge in [0, 0.05) is 27.1 Å². The first-order chi connectivity index (χ1) is 18.0. The molecular formula is C31H35BrN2O2S. The van der Waals surface area contributed by atoms with Crippen molar-refractivity contribution < 1.29 is 9.47 Å². The molecule has 0 unspecified atom stereocenters. The minimum absolute atomic E-state index is 0.742. The number of nitrogens with zero attached hydrogens (tertiary/aromatic N) is 2. The second-order valence-corrected chi connectivity index (χ2v) is 11.9. The van der Waals surface area contributed by atoms with Gasteiger partial charge in [-0.2, -0.15) is 0 Å². The van der Waals surface area contributed by atoms with Crippen LogP contribution in [0.15, 0.2) is 65.1 Å². The highest BCUT2D eigenvalue weighted by Crippen LogP contribution is 2.42. The van der Waals surface area contributed by atoms with Crippen molar-refractivity contribution in [1.29, 1.82) is 0 Å². The van der Waals surface area contributed by atoms with Crippen LogP contribution in [0.2, 0.25) is 0 Å². The van der Waals surface area contributed by atoms with Crippen molar-refractivity contribution in [1.82, 2.24) is 9.80 Å². The number of hydrogen-bond acceptors (Lipinski definition) is 5. The number of halogens is 1. The van der Waals surface area contributed by atoms with E-state index in [2.05, 4.69) is 100 Å². The van der Waals surface area contributed by atoms with Crippen LogP contribution in [0.4, 0.5) is 0 Å². The maximum Gasteiger partial charge on any atom is 0.120 e. The van der Waals surface area contributed by atoms with Crippen molar-refractivity contribution in [2.24, 2.45) is 0 Å². The van der Waals surface area contributed by atoms with Gasteiger partial charge in [-0.3, -0.25) is 4.90 Å². The number of fused-ring (bicyclic) bond motifs is 1. The zero-order valence-corrected chi connectivity index (χ0v) is 24.3. The second kappa shape index (κ2) is 12.0. The molecular weight excluding hydrogens is 544 g/mol. The summed E-state index contributed by atoms with van der Waals surface area (Å²) in [4.78, 5) is 5.98. The van der Waals surface area contributed by atoms with E-state index in [0.29, 0.717) is 0 Å². The normalized spacial score (nSPS) is 14.1. The average molecular weight is 580 g/mol. The smallest absolute Gasteiger partial charge is 0.120 e. The summed E-state index contributed by atoms with van der Waals surface area (Å²) in [6, 6.07) is 21.8. The fraction of sp³-hybridized carbons (Fsp3) is 0.355. The fourth-order valence-corrected chi connectivity index (χ4v) is 6.85. The molecule has 1 aromatic heterocycles. The van der Waals surface area contributed by atoms with Gasteiger partial charge in [-0.05, 0) is 123 Å². The number of methoxy groups -OCH3 is 1.